The molecule has 1 aromatic heterocycles. The van der Waals surface area contributed by atoms with E-state index < -0.39 is 16.8 Å². The third kappa shape index (κ3) is 5.47. The van der Waals surface area contributed by atoms with E-state index in [4.69, 9.17) is 28.2 Å². The molecule has 0 aliphatic heterocycles. The van der Waals surface area contributed by atoms with Crippen molar-refractivity contribution in [2.45, 2.75) is 49.6 Å². The van der Waals surface area contributed by atoms with E-state index in [1.54, 1.807) is 50.4 Å². The smallest absolute Gasteiger partial charge is 0.173 e. The molecular formula is C28H26Cl2F2N2OS. The molecule has 0 bridgehead atoms. The second-order valence-corrected chi connectivity index (χ2v) is 11.4. The second-order valence-electron chi connectivity index (χ2n) is 9.65. The van der Waals surface area contributed by atoms with Gasteiger partial charge in [0.25, 0.3) is 0 Å². The summed E-state index contributed by atoms with van der Waals surface area (Å²) < 4.78 is 30.0. The third-order valence-electron chi connectivity index (χ3n) is 6.15. The molecule has 1 heterocycles. The lowest BCUT2D eigenvalue weighted by Crippen LogP contribution is -2.23. The van der Waals surface area contributed by atoms with Crippen LogP contribution in [0.4, 0.5) is 8.78 Å². The quantitative estimate of drug-likeness (QED) is 0.237. The molecule has 0 radical (unpaired) electrons. The van der Waals surface area contributed by atoms with E-state index in [2.05, 4.69) is 13.8 Å². The standard InChI is InChI=1S/C28H26Cl2F2N2OS/c1-27(2,18-6-11-22(29)23(30)14-18)25-15-33-26(34(25)20-9-7-19(31)8-10-20)36-16-17-5-12-24(32)21(13-17)28(3,4)35/h5-15,35H,16H2,1-4H3. The number of thioether (sulfide) groups is 1. The Hall–Kier alpha value is -2.38. The SMILES string of the molecule is CC(C)(O)c1cc(CSc2ncc(C(C)(C)c3ccc(Cl)c(Cl)c3)n2-c2ccc(F)cc2)ccc1F. The summed E-state index contributed by atoms with van der Waals surface area (Å²) in [7, 11) is 0. The van der Waals surface area contributed by atoms with E-state index >= 15 is 0 Å². The lowest BCUT2D eigenvalue weighted by molar-refractivity contribution is 0.0745. The van der Waals surface area contributed by atoms with E-state index in [9.17, 15) is 13.9 Å². The minimum absolute atomic E-state index is 0.240. The van der Waals surface area contributed by atoms with Crippen LogP contribution in [0, 0.1) is 11.6 Å². The van der Waals surface area contributed by atoms with Gasteiger partial charge < -0.3 is 5.11 Å². The summed E-state index contributed by atoms with van der Waals surface area (Å²) >= 11 is 13.9. The van der Waals surface area contributed by atoms with Crippen molar-refractivity contribution in [1.29, 1.82) is 0 Å². The Bertz CT molecular complexity index is 1400. The highest BCUT2D eigenvalue weighted by atomic mass is 35.5. The molecule has 0 spiro atoms. The Morgan fingerprint density at radius 1 is 0.917 bits per heavy atom. The molecule has 4 rings (SSSR count). The van der Waals surface area contributed by atoms with Crippen LogP contribution in [-0.4, -0.2) is 14.7 Å². The number of imidazole rings is 1. The molecule has 0 fully saturated rings. The molecule has 3 aromatic carbocycles. The van der Waals surface area contributed by atoms with Crippen LogP contribution in [-0.2, 0) is 16.8 Å². The van der Waals surface area contributed by atoms with Crippen LogP contribution in [0.15, 0.2) is 72.0 Å². The molecule has 0 aliphatic carbocycles. The first-order valence-electron chi connectivity index (χ1n) is 11.3. The van der Waals surface area contributed by atoms with Crippen molar-refractivity contribution in [3.8, 4) is 5.69 Å². The monoisotopic (exact) mass is 546 g/mol. The maximum Gasteiger partial charge on any atom is 0.173 e. The average molecular weight is 547 g/mol. The lowest BCUT2D eigenvalue weighted by atomic mass is 9.81. The summed E-state index contributed by atoms with van der Waals surface area (Å²) in [6.07, 6.45) is 1.81. The molecule has 0 aliphatic rings. The van der Waals surface area contributed by atoms with Crippen LogP contribution in [0.1, 0.15) is 50.1 Å². The summed E-state index contributed by atoms with van der Waals surface area (Å²) in [5.41, 5.74) is 1.86. The van der Waals surface area contributed by atoms with Gasteiger partial charge in [0.05, 0.1) is 27.5 Å². The minimum Gasteiger partial charge on any atom is -0.386 e. The first-order valence-corrected chi connectivity index (χ1v) is 13.1. The van der Waals surface area contributed by atoms with Gasteiger partial charge in [-0.05, 0) is 73.5 Å². The zero-order chi connectivity index (χ0) is 26.3. The van der Waals surface area contributed by atoms with Crippen molar-refractivity contribution >= 4 is 35.0 Å². The van der Waals surface area contributed by atoms with Crippen molar-refractivity contribution in [3.05, 3.63) is 111 Å². The minimum atomic E-state index is -1.30. The molecule has 0 amide bonds. The summed E-state index contributed by atoms with van der Waals surface area (Å²) in [5, 5.41) is 12.0. The highest BCUT2D eigenvalue weighted by Crippen LogP contribution is 2.38. The Morgan fingerprint density at radius 2 is 1.61 bits per heavy atom. The fourth-order valence-corrected chi connectivity index (χ4v) is 5.26. The van der Waals surface area contributed by atoms with Gasteiger partial charge in [0.1, 0.15) is 11.6 Å². The highest BCUT2D eigenvalue weighted by molar-refractivity contribution is 7.98. The topological polar surface area (TPSA) is 38.1 Å². The van der Waals surface area contributed by atoms with Gasteiger partial charge in [-0.25, -0.2) is 13.8 Å². The number of aromatic nitrogens is 2. The molecule has 0 saturated carbocycles. The fraction of sp³-hybridized carbons (Fsp3) is 0.250. The van der Waals surface area contributed by atoms with Crippen molar-refractivity contribution < 1.29 is 13.9 Å². The van der Waals surface area contributed by atoms with Gasteiger partial charge in [-0.3, -0.25) is 4.57 Å². The number of halogens is 4. The molecule has 0 unspecified atom stereocenters. The largest absolute Gasteiger partial charge is 0.386 e. The third-order valence-corrected chi connectivity index (χ3v) is 7.92. The number of nitrogens with zero attached hydrogens (tertiary/aromatic N) is 2. The normalized spacial score (nSPS) is 12.2. The lowest BCUT2D eigenvalue weighted by Gasteiger charge is -2.28. The van der Waals surface area contributed by atoms with Crippen molar-refractivity contribution in [1.82, 2.24) is 9.55 Å². The molecule has 3 nitrogen and oxygen atoms in total. The molecule has 36 heavy (non-hydrogen) atoms. The fourth-order valence-electron chi connectivity index (χ4n) is 4.03. The molecule has 1 N–H and O–H groups in total. The predicted molar refractivity (Wildman–Crippen MR) is 143 cm³/mol. The number of hydrogen-bond donors (Lipinski definition) is 1. The Labute approximate surface area is 224 Å². The average Bonchev–Trinajstić information content (AvgIpc) is 3.25. The van der Waals surface area contributed by atoms with E-state index in [0.29, 0.717) is 21.0 Å². The zero-order valence-electron chi connectivity index (χ0n) is 20.3. The van der Waals surface area contributed by atoms with Crippen LogP contribution in [0.5, 0.6) is 0 Å². The van der Waals surface area contributed by atoms with Crippen molar-refractivity contribution in [2.75, 3.05) is 0 Å². The Morgan fingerprint density at radius 3 is 2.25 bits per heavy atom. The van der Waals surface area contributed by atoms with E-state index in [0.717, 1.165) is 22.5 Å². The first kappa shape index (κ1) is 26.7. The maximum atomic E-state index is 14.3. The summed E-state index contributed by atoms with van der Waals surface area (Å²) in [6.45, 7) is 7.24. The summed E-state index contributed by atoms with van der Waals surface area (Å²) in [5.74, 6) is -0.285. The van der Waals surface area contributed by atoms with Gasteiger partial charge in [0.15, 0.2) is 5.16 Å². The van der Waals surface area contributed by atoms with Crippen LogP contribution in [0.3, 0.4) is 0 Å². The maximum absolute atomic E-state index is 14.3. The van der Waals surface area contributed by atoms with Gasteiger partial charge in [0.2, 0.25) is 0 Å². The molecule has 188 valence electrons. The molecular weight excluding hydrogens is 521 g/mol. The van der Waals surface area contributed by atoms with Crippen LogP contribution >= 0.6 is 35.0 Å². The van der Waals surface area contributed by atoms with E-state index in [1.165, 1.54) is 30.0 Å². The number of benzene rings is 3. The van der Waals surface area contributed by atoms with E-state index in [-0.39, 0.29) is 11.4 Å². The summed E-state index contributed by atoms with van der Waals surface area (Å²) in [6, 6.07) is 16.5. The number of aliphatic hydroxyl groups is 1. The zero-order valence-corrected chi connectivity index (χ0v) is 22.6. The van der Waals surface area contributed by atoms with Gasteiger partial charge in [0, 0.05) is 22.4 Å². The van der Waals surface area contributed by atoms with Gasteiger partial charge >= 0.3 is 0 Å². The first-order chi connectivity index (χ1) is 16.9. The predicted octanol–water partition coefficient (Wildman–Crippen LogP) is 8.30. The number of hydrogen-bond acceptors (Lipinski definition) is 3. The molecule has 4 aromatic rings. The highest BCUT2D eigenvalue weighted by Gasteiger charge is 2.30. The van der Waals surface area contributed by atoms with Gasteiger partial charge in [-0.1, -0.05) is 60.9 Å². The second kappa shape index (κ2) is 10.2. The Kier molecular flexibility index (Phi) is 7.54. The van der Waals surface area contributed by atoms with Gasteiger partial charge in [-0.2, -0.15) is 0 Å². The number of rotatable bonds is 7. The van der Waals surface area contributed by atoms with Crippen LogP contribution < -0.4 is 0 Å². The summed E-state index contributed by atoms with van der Waals surface area (Å²) in [4.78, 5) is 4.70. The van der Waals surface area contributed by atoms with Crippen LogP contribution in [0.2, 0.25) is 10.0 Å². The molecule has 0 atom stereocenters. The molecule has 0 saturated heterocycles. The Balaban J connectivity index is 1.75. The van der Waals surface area contributed by atoms with Crippen molar-refractivity contribution in [2.24, 2.45) is 0 Å². The van der Waals surface area contributed by atoms with Gasteiger partial charge in [-0.15, -0.1) is 0 Å². The molecule has 8 heteroatoms. The van der Waals surface area contributed by atoms with E-state index in [1.807, 2.05) is 16.7 Å². The van der Waals surface area contributed by atoms with Crippen molar-refractivity contribution in [3.63, 3.8) is 0 Å². The van der Waals surface area contributed by atoms with Crippen LogP contribution in [0.25, 0.3) is 5.69 Å².